The SMILES string of the molecule is CCOc1ccc(F)cc1-n1c(C=C(C)C)c(C(=O)N2CCCCC2)cc(-c2nc(-c3ccc(C(F)(F)F)cc3)cs2)c1=O. The van der Waals surface area contributed by atoms with Crippen LogP contribution in [-0.4, -0.2) is 40.1 Å². The predicted octanol–water partition coefficient (Wildman–Crippen LogP) is 8.23. The van der Waals surface area contributed by atoms with E-state index in [0.717, 1.165) is 48.3 Å². The van der Waals surface area contributed by atoms with Gasteiger partial charge >= 0.3 is 6.18 Å². The Morgan fingerprint density at radius 2 is 1.75 bits per heavy atom. The first-order valence-electron chi connectivity index (χ1n) is 14.3. The number of carbonyl (C=O) groups is 1. The molecule has 5 rings (SSSR count). The van der Waals surface area contributed by atoms with Crippen LogP contribution in [0.25, 0.3) is 33.6 Å². The molecule has 11 heteroatoms. The first kappa shape index (κ1) is 31.2. The molecule has 4 aromatic rings. The number of halogens is 4. The molecule has 0 radical (unpaired) electrons. The number of thiazole rings is 1. The summed E-state index contributed by atoms with van der Waals surface area (Å²) in [6, 6.07) is 10.0. The summed E-state index contributed by atoms with van der Waals surface area (Å²) in [5, 5.41) is 1.91. The van der Waals surface area contributed by atoms with Gasteiger partial charge in [0.1, 0.15) is 16.6 Å². The fourth-order valence-corrected chi connectivity index (χ4v) is 6.02. The van der Waals surface area contributed by atoms with Gasteiger partial charge in [-0.1, -0.05) is 17.7 Å². The summed E-state index contributed by atoms with van der Waals surface area (Å²) in [6.07, 6.45) is -0.0196. The molecule has 0 spiro atoms. The first-order valence-corrected chi connectivity index (χ1v) is 15.2. The van der Waals surface area contributed by atoms with E-state index in [1.54, 1.807) is 23.3 Å². The Morgan fingerprint density at radius 1 is 1.05 bits per heavy atom. The molecule has 0 aliphatic carbocycles. The van der Waals surface area contributed by atoms with Crippen molar-refractivity contribution in [1.29, 1.82) is 0 Å². The Morgan fingerprint density at radius 3 is 2.39 bits per heavy atom. The predicted molar refractivity (Wildman–Crippen MR) is 164 cm³/mol. The summed E-state index contributed by atoms with van der Waals surface area (Å²) >= 11 is 1.13. The number of piperidine rings is 1. The van der Waals surface area contributed by atoms with Crippen LogP contribution in [0.5, 0.6) is 5.75 Å². The highest BCUT2D eigenvalue weighted by Crippen LogP contribution is 2.34. The van der Waals surface area contributed by atoms with Crippen LogP contribution in [0.1, 0.15) is 61.6 Å². The van der Waals surface area contributed by atoms with Crippen LogP contribution in [0.3, 0.4) is 0 Å². The van der Waals surface area contributed by atoms with Crippen molar-refractivity contribution in [3.63, 3.8) is 0 Å². The van der Waals surface area contributed by atoms with E-state index in [1.807, 2.05) is 13.8 Å². The molecule has 0 unspecified atom stereocenters. The molecule has 2 aromatic carbocycles. The maximum Gasteiger partial charge on any atom is 0.416 e. The standard InChI is InChI=1S/C33H31F4N3O3S/c1-4-43-29-13-12-23(34)17-28(29)40-27(16-20(2)3)24(31(41)39-14-6-5-7-15-39)18-25(32(40)42)30-38-26(19-44-30)21-8-10-22(11-9-21)33(35,36)37/h8-13,16-19H,4-7,14-15H2,1-3H3. The zero-order valence-corrected chi connectivity index (χ0v) is 25.3. The molecule has 1 amide bonds. The summed E-state index contributed by atoms with van der Waals surface area (Å²) in [7, 11) is 0. The number of rotatable bonds is 7. The molecular formula is C33H31F4N3O3S. The number of alkyl halides is 3. The number of allylic oxidation sites excluding steroid dienone is 1. The molecule has 6 nitrogen and oxygen atoms in total. The molecule has 1 fully saturated rings. The Bertz CT molecular complexity index is 1760. The summed E-state index contributed by atoms with van der Waals surface area (Å²) < 4.78 is 61.1. The highest BCUT2D eigenvalue weighted by molar-refractivity contribution is 7.13. The molecule has 3 heterocycles. The van der Waals surface area contributed by atoms with E-state index in [1.165, 1.54) is 41.0 Å². The first-order chi connectivity index (χ1) is 21.0. The van der Waals surface area contributed by atoms with Crippen molar-refractivity contribution in [3.8, 4) is 33.3 Å². The van der Waals surface area contributed by atoms with Crippen molar-refractivity contribution in [1.82, 2.24) is 14.5 Å². The molecular weight excluding hydrogens is 594 g/mol. The third-order valence-corrected chi connectivity index (χ3v) is 8.12. The molecule has 0 saturated carbocycles. The monoisotopic (exact) mass is 625 g/mol. The average Bonchev–Trinajstić information content (AvgIpc) is 3.48. The molecule has 44 heavy (non-hydrogen) atoms. The van der Waals surface area contributed by atoms with Crippen LogP contribution in [0.15, 0.2) is 64.3 Å². The highest BCUT2D eigenvalue weighted by Gasteiger charge is 2.30. The van der Waals surface area contributed by atoms with Gasteiger partial charge in [-0.2, -0.15) is 13.2 Å². The van der Waals surface area contributed by atoms with Gasteiger partial charge < -0.3 is 9.64 Å². The van der Waals surface area contributed by atoms with Gasteiger partial charge in [0.05, 0.1) is 40.4 Å². The minimum atomic E-state index is -4.47. The van der Waals surface area contributed by atoms with Gasteiger partial charge in [0.15, 0.2) is 0 Å². The lowest BCUT2D eigenvalue weighted by atomic mass is 10.0. The number of nitrogens with zero attached hydrogens (tertiary/aromatic N) is 3. The molecule has 1 aliphatic heterocycles. The molecule has 1 aliphatic rings. The van der Waals surface area contributed by atoms with Crippen LogP contribution in [-0.2, 0) is 6.18 Å². The third-order valence-electron chi connectivity index (χ3n) is 7.24. The fourth-order valence-electron chi connectivity index (χ4n) is 5.18. The maximum atomic E-state index is 14.7. The number of carbonyl (C=O) groups excluding carboxylic acids is 1. The number of pyridine rings is 1. The second-order valence-corrected chi connectivity index (χ2v) is 11.6. The number of ether oxygens (including phenoxy) is 1. The van der Waals surface area contributed by atoms with Crippen molar-refractivity contribution in [3.05, 3.63) is 92.5 Å². The summed E-state index contributed by atoms with van der Waals surface area (Å²) in [5.41, 5.74) is 1.08. The van der Waals surface area contributed by atoms with Gasteiger partial charge in [0.2, 0.25) is 0 Å². The smallest absolute Gasteiger partial charge is 0.416 e. The van der Waals surface area contributed by atoms with Crippen LogP contribution in [0.4, 0.5) is 17.6 Å². The lowest BCUT2D eigenvalue weighted by Crippen LogP contribution is -2.37. The van der Waals surface area contributed by atoms with E-state index in [2.05, 4.69) is 4.98 Å². The number of hydrogen-bond acceptors (Lipinski definition) is 5. The summed E-state index contributed by atoms with van der Waals surface area (Å²) in [5.74, 6) is -0.592. The number of likely N-dealkylation sites (tertiary alicyclic amines) is 1. The average molecular weight is 626 g/mol. The normalized spacial score (nSPS) is 13.6. The van der Waals surface area contributed by atoms with E-state index in [9.17, 15) is 27.2 Å². The third kappa shape index (κ3) is 6.47. The van der Waals surface area contributed by atoms with Crippen molar-refractivity contribution in [2.75, 3.05) is 19.7 Å². The van der Waals surface area contributed by atoms with Gasteiger partial charge in [-0.05, 0) is 76.4 Å². The highest BCUT2D eigenvalue weighted by atomic mass is 32.1. The van der Waals surface area contributed by atoms with Gasteiger partial charge in [-0.3, -0.25) is 14.2 Å². The van der Waals surface area contributed by atoms with Crippen molar-refractivity contribution < 1.29 is 27.1 Å². The Balaban J connectivity index is 1.75. The molecule has 0 N–H and O–H groups in total. The fraction of sp³-hybridized carbons (Fsp3) is 0.303. The lowest BCUT2D eigenvalue weighted by molar-refractivity contribution is -0.137. The van der Waals surface area contributed by atoms with Crippen molar-refractivity contribution in [2.45, 2.75) is 46.2 Å². The van der Waals surface area contributed by atoms with Crippen LogP contribution in [0.2, 0.25) is 0 Å². The second-order valence-electron chi connectivity index (χ2n) is 10.7. The number of benzene rings is 2. The molecule has 2 aromatic heterocycles. The van der Waals surface area contributed by atoms with Crippen molar-refractivity contribution >= 4 is 23.3 Å². The summed E-state index contributed by atoms with van der Waals surface area (Å²) in [4.78, 5) is 34.8. The molecule has 230 valence electrons. The van der Waals surface area contributed by atoms with Crippen LogP contribution >= 0.6 is 11.3 Å². The summed E-state index contributed by atoms with van der Waals surface area (Å²) in [6.45, 7) is 6.84. The van der Waals surface area contributed by atoms with E-state index < -0.39 is 23.1 Å². The number of amides is 1. The van der Waals surface area contributed by atoms with Gasteiger partial charge in [0.25, 0.3) is 11.5 Å². The lowest BCUT2D eigenvalue weighted by Gasteiger charge is -2.28. The van der Waals surface area contributed by atoms with Gasteiger partial charge in [0, 0.05) is 30.1 Å². The molecule has 0 atom stereocenters. The van der Waals surface area contributed by atoms with E-state index >= 15 is 0 Å². The van der Waals surface area contributed by atoms with Gasteiger partial charge in [-0.15, -0.1) is 11.3 Å². The van der Waals surface area contributed by atoms with E-state index in [-0.39, 0.29) is 40.1 Å². The van der Waals surface area contributed by atoms with Gasteiger partial charge in [-0.25, -0.2) is 9.37 Å². The topological polar surface area (TPSA) is 64.4 Å². The Labute approximate surface area is 256 Å². The zero-order chi connectivity index (χ0) is 31.6. The number of hydrogen-bond donors (Lipinski definition) is 0. The Hall–Kier alpha value is -4.25. The molecule has 1 saturated heterocycles. The minimum absolute atomic E-state index is 0.103. The van der Waals surface area contributed by atoms with Crippen LogP contribution in [0, 0.1) is 5.82 Å². The van der Waals surface area contributed by atoms with E-state index in [4.69, 9.17) is 4.74 Å². The number of aromatic nitrogens is 2. The van der Waals surface area contributed by atoms with Crippen molar-refractivity contribution in [2.24, 2.45) is 0 Å². The Kier molecular flexibility index (Phi) is 9.05. The maximum absolute atomic E-state index is 14.7. The minimum Gasteiger partial charge on any atom is -0.492 e. The zero-order valence-electron chi connectivity index (χ0n) is 24.5. The van der Waals surface area contributed by atoms with Crippen LogP contribution < -0.4 is 10.3 Å². The van der Waals surface area contributed by atoms with E-state index in [0.29, 0.717) is 30.0 Å². The second kappa shape index (κ2) is 12.8. The molecule has 0 bridgehead atoms. The quantitative estimate of drug-likeness (QED) is 0.194. The largest absolute Gasteiger partial charge is 0.492 e.